The van der Waals surface area contributed by atoms with E-state index in [-0.39, 0.29) is 11.7 Å². The minimum Gasteiger partial charge on any atom is -0.366 e. The Bertz CT molecular complexity index is 1310. The van der Waals surface area contributed by atoms with Crippen LogP contribution < -0.4 is 4.90 Å². The van der Waals surface area contributed by atoms with Crippen molar-refractivity contribution in [1.82, 2.24) is 29.9 Å². The van der Waals surface area contributed by atoms with Crippen molar-refractivity contribution < 1.29 is 9.18 Å². The van der Waals surface area contributed by atoms with Gasteiger partial charge in [0.05, 0.1) is 17.1 Å². The number of anilines is 1. The van der Waals surface area contributed by atoms with Crippen molar-refractivity contribution in [2.45, 2.75) is 17.8 Å². The molecule has 2 aromatic heterocycles. The first kappa shape index (κ1) is 23.0. The molecule has 5 rings (SSSR count). The molecule has 0 spiro atoms. The van der Waals surface area contributed by atoms with Crippen LogP contribution in [-0.4, -0.2) is 61.9 Å². The number of rotatable bonds is 6. The van der Waals surface area contributed by atoms with Crippen molar-refractivity contribution in [1.29, 1.82) is 0 Å². The summed E-state index contributed by atoms with van der Waals surface area (Å²) < 4.78 is 15.9. The Balaban J connectivity index is 1.38. The number of piperazine rings is 1. The molecule has 8 nitrogen and oxygen atoms in total. The van der Waals surface area contributed by atoms with Crippen LogP contribution in [0.25, 0.3) is 5.69 Å². The van der Waals surface area contributed by atoms with E-state index in [1.54, 1.807) is 40.2 Å². The molecule has 2 aromatic carbocycles. The van der Waals surface area contributed by atoms with E-state index in [2.05, 4.69) is 20.3 Å². The predicted molar refractivity (Wildman–Crippen MR) is 132 cm³/mol. The lowest BCUT2D eigenvalue weighted by Gasteiger charge is -2.36. The third-order valence-corrected chi connectivity index (χ3v) is 6.77. The van der Waals surface area contributed by atoms with Crippen LogP contribution in [0.2, 0.25) is 0 Å². The molecule has 0 atom stereocenters. The van der Waals surface area contributed by atoms with Gasteiger partial charge in [0.2, 0.25) is 0 Å². The van der Waals surface area contributed by atoms with Crippen LogP contribution in [0, 0.1) is 12.7 Å². The molecule has 0 bridgehead atoms. The highest BCUT2D eigenvalue weighted by Gasteiger charge is 2.29. The summed E-state index contributed by atoms with van der Waals surface area (Å²) in [6.07, 6.45) is 3.37. The van der Waals surface area contributed by atoms with Gasteiger partial charge in [0.15, 0.2) is 10.9 Å². The largest absolute Gasteiger partial charge is 0.366 e. The molecular formula is C25H24FN7OS. The molecule has 0 saturated carbocycles. The van der Waals surface area contributed by atoms with E-state index in [0.717, 1.165) is 11.3 Å². The molecule has 10 heteroatoms. The Morgan fingerprint density at radius 1 is 0.971 bits per heavy atom. The first-order valence-electron chi connectivity index (χ1n) is 11.3. The average Bonchev–Trinajstić information content (AvgIpc) is 3.32. The maximum Gasteiger partial charge on any atom is 0.276 e. The Hall–Kier alpha value is -3.79. The summed E-state index contributed by atoms with van der Waals surface area (Å²) in [6.45, 7) is 4.05. The molecule has 3 heterocycles. The predicted octanol–water partition coefficient (Wildman–Crippen LogP) is 3.76. The van der Waals surface area contributed by atoms with E-state index in [0.29, 0.717) is 54.2 Å². The monoisotopic (exact) mass is 489 g/mol. The van der Waals surface area contributed by atoms with Crippen molar-refractivity contribution in [3.05, 3.63) is 89.8 Å². The van der Waals surface area contributed by atoms with E-state index in [1.807, 2.05) is 42.2 Å². The molecule has 0 radical (unpaired) electrons. The van der Waals surface area contributed by atoms with Crippen LogP contribution in [0.4, 0.5) is 10.1 Å². The molecule has 1 fully saturated rings. The molecule has 0 N–H and O–H groups in total. The zero-order valence-electron chi connectivity index (χ0n) is 19.2. The topological polar surface area (TPSA) is 80.0 Å². The number of carbonyl (C=O) groups is 1. The van der Waals surface area contributed by atoms with Crippen LogP contribution in [0.5, 0.6) is 0 Å². The highest BCUT2D eigenvalue weighted by atomic mass is 32.2. The van der Waals surface area contributed by atoms with Crippen LogP contribution in [0.15, 0.2) is 72.1 Å². The number of amides is 1. The van der Waals surface area contributed by atoms with Crippen molar-refractivity contribution in [2.75, 3.05) is 31.1 Å². The van der Waals surface area contributed by atoms with Crippen molar-refractivity contribution >= 4 is 23.4 Å². The second kappa shape index (κ2) is 10.2. The lowest BCUT2D eigenvalue weighted by atomic mass is 10.2. The average molecular weight is 490 g/mol. The molecule has 1 aliphatic rings. The maximum atomic E-state index is 14.2. The Morgan fingerprint density at radius 2 is 1.69 bits per heavy atom. The van der Waals surface area contributed by atoms with E-state index < -0.39 is 0 Å². The summed E-state index contributed by atoms with van der Waals surface area (Å²) in [5, 5.41) is 9.22. The summed E-state index contributed by atoms with van der Waals surface area (Å²) in [6, 6.07) is 16.4. The smallest absolute Gasteiger partial charge is 0.276 e. The lowest BCUT2D eigenvalue weighted by molar-refractivity contribution is 0.0739. The Morgan fingerprint density at radius 3 is 2.40 bits per heavy atom. The third kappa shape index (κ3) is 5.02. The van der Waals surface area contributed by atoms with Gasteiger partial charge in [-0.25, -0.2) is 19.0 Å². The van der Waals surface area contributed by atoms with Gasteiger partial charge in [-0.3, -0.25) is 4.79 Å². The van der Waals surface area contributed by atoms with Crippen molar-refractivity contribution in [3.63, 3.8) is 0 Å². The van der Waals surface area contributed by atoms with Gasteiger partial charge in [0, 0.05) is 44.3 Å². The number of hydrogen-bond donors (Lipinski definition) is 0. The molecule has 35 heavy (non-hydrogen) atoms. The van der Waals surface area contributed by atoms with Crippen LogP contribution >= 0.6 is 11.8 Å². The minimum absolute atomic E-state index is 0.180. The summed E-state index contributed by atoms with van der Waals surface area (Å²) >= 11 is 1.42. The molecule has 178 valence electrons. The van der Waals surface area contributed by atoms with E-state index >= 15 is 0 Å². The van der Waals surface area contributed by atoms with Gasteiger partial charge in [0.25, 0.3) is 5.91 Å². The highest BCUT2D eigenvalue weighted by molar-refractivity contribution is 7.98. The summed E-state index contributed by atoms with van der Waals surface area (Å²) in [7, 11) is 0. The maximum absolute atomic E-state index is 14.2. The fourth-order valence-corrected chi connectivity index (χ4v) is 4.79. The van der Waals surface area contributed by atoms with E-state index in [9.17, 15) is 9.18 Å². The number of hydrogen-bond acceptors (Lipinski definition) is 7. The Labute approximate surface area is 206 Å². The van der Waals surface area contributed by atoms with Crippen molar-refractivity contribution in [3.8, 4) is 5.69 Å². The molecule has 0 aliphatic carbocycles. The number of nitrogens with zero attached hydrogens (tertiary/aromatic N) is 7. The SMILES string of the molecule is Cc1ccc(-n2nnc(C(=O)N3CCN(c4ccccc4F)CC3)c2CSc2ncccn2)cc1. The zero-order chi connectivity index (χ0) is 24.2. The van der Waals surface area contributed by atoms with Crippen LogP contribution in [0.3, 0.4) is 0 Å². The van der Waals surface area contributed by atoms with Gasteiger partial charge in [-0.05, 0) is 37.3 Å². The first-order chi connectivity index (χ1) is 17.1. The van der Waals surface area contributed by atoms with Gasteiger partial charge in [0.1, 0.15) is 5.82 Å². The fraction of sp³-hybridized carbons (Fsp3) is 0.240. The van der Waals surface area contributed by atoms with E-state index in [1.165, 1.54) is 17.8 Å². The molecular weight excluding hydrogens is 465 g/mol. The fourth-order valence-electron chi connectivity index (χ4n) is 3.99. The minimum atomic E-state index is -0.254. The quantitative estimate of drug-likeness (QED) is 0.301. The Kier molecular flexibility index (Phi) is 6.71. The molecule has 1 amide bonds. The number of halogens is 1. The molecule has 0 unspecified atom stereocenters. The van der Waals surface area contributed by atoms with Gasteiger partial charge in [-0.2, -0.15) is 0 Å². The van der Waals surface area contributed by atoms with Gasteiger partial charge in [-0.15, -0.1) is 5.10 Å². The van der Waals surface area contributed by atoms with Gasteiger partial charge < -0.3 is 9.80 Å². The van der Waals surface area contributed by atoms with Crippen molar-refractivity contribution in [2.24, 2.45) is 0 Å². The van der Waals surface area contributed by atoms with Crippen LogP contribution in [0.1, 0.15) is 21.7 Å². The second-order valence-corrected chi connectivity index (χ2v) is 9.13. The highest BCUT2D eigenvalue weighted by Crippen LogP contribution is 2.25. The molecule has 1 aliphatic heterocycles. The number of carbonyl (C=O) groups excluding carboxylic acids is 1. The summed E-state index contributed by atoms with van der Waals surface area (Å²) in [5.74, 6) is -0.00174. The van der Waals surface area contributed by atoms with E-state index in [4.69, 9.17) is 0 Å². The number of aromatic nitrogens is 5. The lowest BCUT2D eigenvalue weighted by Crippen LogP contribution is -2.49. The number of para-hydroxylation sites is 1. The standard InChI is InChI=1S/C25H24FN7OS/c1-18-7-9-19(10-8-18)33-22(17-35-25-27-11-4-12-28-25)23(29-30-33)24(34)32-15-13-31(14-16-32)21-6-3-2-5-20(21)26/h2-12H,13-17H2,1H3. The molecule has 1 saturated heterocycles. The zero-order valence-corrected chi connectivity index (χ0v) is 20.0. The van der Waals surface area contributed by atoms with Crippen LogP contribution in [-0.2, 0) is 5.75 Å². The first-order valence-corrected chi connectivity index (χ1v) is 12.3. The number of benzene rings is 2. The number of aryl methyl sites for hydroxylation is 1. The summed E-state index contributed by atoms with van der Waals surface area (Å²) in [4.78, 5) is 25.8. The van der Waals surface area contributed by atoms with Gasteiger partial charge >= 0.3 is 0 Å². The summed E-state index contributed by atoms with van der Waals surface area (Å²) in [5.41, 5.74) is 3.52. The number of thioether (sulfide) groups is 1. The normalized spacial score (nSPS) is 13.8. The third-order valence-electron chi connectivity index (χ3n) is 5.88. The second-order valence-electron chi connectivity index (χ2n) is 8.18. The molecule has 4 aromatic rings. The van der Waals surface area contributed by atoms with Gasteiger partial charge in [-0.1, -0.05) is 46.8 Å².